The molecule has 0 saturated carbocycles. The molecule has 1 amide bonds. The average Bonchev–Trinajstić information content (AvgIpc) is 3.44. The second kappa shape index (κ2) is 7.91. The number of hydrogen-bond donors (Lipinski definition) is 2. The molecule has 1 aromatic heterocycles. The molecule has 0 spiro atoms. The zero-order chi connectivity index (χ0) is 23.2. The summed E-state index contributed by atoms with van der Waals surface area (Å²) >= 11 is 0. The Labute approximate surface area is 186 Å². The van der Waals surface area contributed by atoms with Gasteiger partial charge < -0.3 is 24.8 Å². The second-order valence-electron chi connectivity index (χ2n) is 7.64. The number of fused-ring (bicyclic) bond motifs is 2. The predicted octanol–water partition coefficient (Wildman–Crippen LogP) is 4.53. The van der Waals surface area contributed by atoms with Crippen LogP contribution in [0.25, 0.3) is 0 Å². The van der Waals surface area contributed by atoms with E-state index in [2.05, 4.69) is 15.7 Å². The average molecular weight is 460 g/mol. The molecule has 2 aliphatic rings. The summed E-state index contributed by atoms with van der Waals surface area (Å²) in [5.74, 6) is 1.10. The quantitative estimate of drug-likeness (QED) is 0.595. The standard InChI is InChI=1S/C22H19F3N4O4/c1-31-14-5-2-12(3-6-14)15-9-19(22(23,24)25)29-20(27-15)10-16(28-29)21(30)26-13-4-7-17-18(8-13)33-11-32-17/h2-8,10,15,19,27H,9,11H2,1H3,(H,26,30)/t15-,19+/m1/s1. The third-order valence-corrected chi connectivity index (χ3v) is 5.57. The molecule has 172 valence electrons. The summed E-state index contributed by atoms with van der Waals surface area (Å²) in [6.07, 6.45) is -4.81. The highest BCUT2D eigenvalue weighted by Gasteiger charge is 2.46. The van der Waals surface area contributed by atoms with Crippen LogP contribution in [0.3, 0.4) is 0 Å². The fraction of sp³-hybridized carbons (Fsp3) is 0.273. The third-order valence-electron chi connectivity index (χ3n) is 5.57. The molecule has 0 fully saturated rings. The normalized spacial score (nSPS) is 18.9. The van der Waals surface area contributed by atoms with E-state index >= 15 is 0 Å². The minimum absolute atomic E-state index is 0.0837. The van der Waals surface area contributed by atoms with Crippen LogP contribution in [0.4, 0.5) is 24.7 Å². The molecule has 0 radical (unpaired) electrons. The number of alkyl halides is 3. The van der Waals surface area contributed by atoms with E-state index in [-0.39, 0.29) is 24.7 Å². The van der Waals surface area contributed by atoms with Crippen molar-refractivity contribution in [3.8, 4) is 17.2 Å². The molecular formula is C22H19F3N4O4. The number of amides is 1. The van der Waals surface area contributed by atoms with Crippen LogP contribution in [0.2, 0.25) is 0 Å². The van der Waals surface area contributed by atoms with Gasteiger partial charge in [-0.25, -0.2) is 4.68 Å². The van der Waals surface area contributed by atoms with Gasteiger partial charge in [-0.15, -0.1) is 0 Å². The highest BCUT2D eigenvalue weighted by atomic mass is 19.4. The molecule has 0 bridgehead atoms. The first-order valence-electron chi connectivity index (χ1n) is 10.1. The molecule has 5 rings (SSSR count). The molecule has 0 unspecified atom stereocenters. The van der Waals surface area contributed by atoms with Gasteiger partial charge >= 0.3 is 6.18 Å². The van der Waals surface area contributed by atoms with Crippen LogP contribution in [0.1, 0.15) is 34.6 Å². The third kappa shape index (κ3) is 4.01. The number of rotatable bonds is 4. The van der Waals surface area contributed by atoms with E-state index in [0.29, 0.717) is 28.5 Å². The van der Waals surface area contributed by atoms with Gasteiger partial charge in [0.15, 0.2) is 23.2 Å². The number of nitrogens with one attached hydrogen (secondary N) is 2. The lowest BCUT2D eigenvalue weighted by molar-refractivity contribution is -0.173. The first-order chi connectivity index (χ1) is 15.8. The van der Waals surface area contributed by atoms with Gasteiger partial charge in [-0.05, 0) is 29.8 Å². The van der Waals surface area contributed by atoms with Crippen LogP contribution in [0.15, 0.2) is 48.5 Å². The Bertz CT molecular complexity index is 1190. The largest absolute Gasteiger partial charge is 0.497 e. The van der Waals surface area contributed by atoms with E-state index in [1.54, 1.807) is 42.5 Å². The molecule has 11 heteroatoms. The van der Waals surface area contributed by atoms with Crippen LogP contribution in [-0.2, 0) is 0 Å². The van der Waals surface area contributed by atoms with Crippen LogP contribution < -0.4 is 24.8 Å². The molecule has 2 atom stereocenters. The maximum absolute atomic E-state index is 13.9. The number of halogens is 3. The van der Waals surface area contributed by atoms with Gasteiger partial charge in [0.2, 0.25) is 6.79 Å². The molecule has 8 nitrogen and oxygen atoms in total. The van der Waals surface area contributed by atoms with E-state index in [1.165, 1.54) is 13.2 Å². The lowest BCUT2D eigenvalue weighted by atomic mass is 9.97. The van der Waals surface area contributed by atoms with E-state index in [9.17, 15) is 18.0 Å². The lowest BCUT2D eigenvalue weighted by Gasteiger charge is -2.33. The number of carbonyl (C=O) groups excluding carboxylic acids is 1. The number of carbonyl (C=O) groups is 1. The maximum Gasteiger partial charge on any atom is 0.410 e. The molecular weight excluding hydrogens is 441 g/mol. The van der Waals surface area contributed by atoms with Crippen molar-refractivity contribution in [3.05, 3.63) is 59.8 Å². The van der Waals surface area contributed by atoms with Crippen LogP contribution >= 0.6 is 0 Å². The Kier molecular flexibility index (Phi) is 5.03. The molecule has 3 heterocycles. The topological polar surface area (TPSA) is 86.6 Å². The van der Waals surface area contributed by atoms with E-state index < -0.39 is 24.2 Å². The molecule has 2 aliphatic heterocycles. The Morgan fingerprint density at radius 2 is 1.91 bits per heavy atom. The number of hydrogen-bond acceptors (Lipinski definition) is 6. The van der Waals surface area contributed by atoms with Crippen molar-refractivity contribution in [3.63, 3.8) is 0 Å². The summed E-state index contributed by atoms with van der Waals surface area (Å²) in [5, 5.41) is 9.67. The molecule has 0 saturated heterocycles. The number of methoxy groups -OCH3 is 1. The van der Waals surface area contributed by atoms with Gasteiger partial charge in [0.05, 0.1) is 13.2 Å². The summed E-state index contributed by atoms with van der Waals surface area (Å²) in [7, 11) is 1.52. The van der Waals surface area contributed by atoms with Gasteiger partial charge in [0, 0.05) is 24.2 Å². The predicted molar refractivity (Wildman–Crippen MR) is 112 cm³/mol. The minimum atomic E-state index is -4.54. The monoisotopic (exact) mass is 460 g/mol. The number of nitrogens with zero attached hydrogens (tertiary/aromatic N) is 2. The van der Waals surface area contributed by atoms with Crippen molar-refractivity contribution in [2.45, 2.75) is 24.7 Å². The van der Waals surface area contributed by atoms with Crippen LogP contribution in [0.5, 0.6) is 17.2 Å². The zero-order valence-corrected chi connectivity index (χ0v) is 17.3. The van der Waals surface area contributed by atoms with Gasteiger partial charge in [0.25, 0.3) is 5.91 Å². The molecule has 33 heavy (non-hydrogen) atoms. The fourth-order valence-electron chi connectivity index (χ4n) is 3.91. The van der Waals surface area contributed by atoms with Crippen molar-refractivity contribution in [1.29, 1.82) is 0 Å². The summed E-state index contributed by atoms with van der Waals surface area (Å²) in [4.78, 5) is 12.7. The summed E-state index contributed by atoms with van der Waals surface area (Å²) < 4.78 is 58.1. The molecule has 3 aromatic rings. The van der Waals surface area contributed by atoms with Gasteiger partial charge in [-0.1, -0.05) is 12.1 Å². The Morgan fingerprint density at radius 1 is 1.15 bits per heavy atom. The lowest BCUT2D eigenvalue weighted by Crippen LogP contribution is -2.35. The number of anilines is 2. The summed E-state index contributed by atoms with van der Waals surface area (Å²) in [5.41, 5.74) is 0.940. The first kappa shape index (κ1) is 21.0. The Hall–Kier alpha value is -3.89. The number of aromatic nitrogens is 2. The van der Waals surface area contributed by atoms with E-state index in [4.69, 9.17) is 14.2 Å². The smallest absolute Gasteiger partial charge is 0.410 e. The zero-order valence-electron chi connectivity index (χ0n) is 17.3. The summed E-state index contributed by atoms with van der Waals surface area (Å²) in [6, 6.07) is 10.4. The van der Waals surface area contributed by atoms with Gasteiger partial charge in [-0.3, -0.25) is 4.79 Å². The van der Waals surface area contributed by atoms with Crippen molar-refractivity contribution in [2.75, 3.05) is 24.5 Å². The second-order valence-corrected chi connectivity index (χ2v) is 7.64. The highest BCUT2D eigenvalue weighted by molar-refractivity contribution is 6.03. The first-order valence-corrected chi connectivity index (χ1v) is 10.1. The van der Waals surface area contributed by atoms with Crippen molar-refractivity contribution >= 4 is 17.4 Å². The Morgan fingerprint density at radius 3 is 2.64 bits per heavy atom. The highest BCUT2D eigenvalue weighted by Crippen LogP contribution is 2.44. The minimum Gasteiger partial charge on any atom is -0.497 e. The number of ether oxygens (including phenoxy) is 3. The summed E-state index contributed by atoms with van der Waals surface area (Å²) in [6.45, 7) is 0.0837. The molecule has 2 aromatic carbocycles. The maximum atomic E-state index is 13.9. The van der Waals surface area contributed by atoms with Crippen molar-refractivity contribution in [1.82, 2.24) is 9.78 Å². The van der Waals surface area contributed by atoms with Crippen molar-refractivity contribution < 1.29 is 32.2 Å². The van der Waals surface area contributed by atoms with Gasteiger partial charge in [-0.2, -0.15) is 18.3 Å². The van der Waals surface area contributed by atoms with E-state index in [1.807, 2.05) is 0 Å². The SMILES string of the molecule is COc1ccc([C@H]2C[C@@H](C(F)(F)F)n3nc(C(=O)Nc4ccc5c(c4)OCO5)cc3N2)cc1. The van der Waals surface area contributed by atoms with E-state index in [0.717, 1.165) is 4.68 Å². The van der Waals surface area contributed by atoms with Crippen LogP contribution in [0, 0.1) is 0 Å². The van der Waals surface area contributed by atoms with Gasteiger partial charge in [0.1, 0.15) is 11.6 Å². The molecule has 2 N–H and O–H groups in total. The van der Waals surface area contributed by atoms with Crippen molar-refractivity contribution in [2.24, 2.45) is 0 Å². The molecule has 0 aliphatic carbocycles. The Balaban J connectivity index is 1.41. The fourth-order valence-corrected chi connectivity index (χ4v) is 3.91. The van der Waals surface area contributed by atoms with Crippen LogP contribution in [-0.4, -0.2) is 35.8 Å². The number of benzene rings is 2.